The number of rotatable bonds is 4. The molecule has 30 heavy (non-hydrogen) atoms. The Bertz CT molecular complexity index is 1230. The maximum absolute atomic E-state index is 12.9. The van der Waals surface area contributed by atoms with Crippen LogP contribution < -0.4 is 5.32 Å². The van der Waals surface area contributed by atoms with Crippen molar-refractivity contribution in [1.29, 1.82) is 0 Å². The second-order valence-electron chi connectivity index (χ2n) is 7.29. The molecule has 4 aromatic rings. The van der Waals surface area contributed by atoms with E-state index in [1.807, 2.05) is 87.5 Å². The highest BCUT2D eigenvalue weighted by Gasteiger charge is 2.19. The minimum absolute atomic E-state index is 0.120. The monoisotopic (exact) mass is 460 g/mol. The molecule has 0 aliphatic heterocycles. The first kappa shape index (κ1) is 20.0. The van der Waals surface area contributed by atoms with E-state index in [2.05, 4.69) is 31.3 Å². The van der Waals surface area contributed by atoms with Crippen molar-refractivity contribution in [3.05, 3.63) is 93.7 Å². The first-order chi connectivity index (χ1) is 14.4. The Morgan fingerprint density at radius 2 is 1.70 bits per heavy atom. The fourth-order valence-corrected chi connectivity index (χ4v) is 3.67. The number of hydrogen-bond donors (Lipinski definition) is 1. The van der Waals surface area contributed by atoms with Crippen LogP contribution in [0.3, 0.4) is 0 Å². The normalized spacial score (nSPS) is 10.8. The molecule has 0 unspecified atom stereocenters. The van der Waals surface area contributed by atoms with Crippen molar-refractivity contribution in [3.63, 3.8) is 0 Å². The van der Waals surface area contributed by atoms with E-state index >= 15 is 0 Å². The molecule has 0 saturated heterocycles. The molecule has 1 N–H and O–H groups in total. The van der Waals surface area contributed by atoms with E-state index in [1.54, 1.807) is 4.68 Å². The largest absolute Gasteiger partial charge is 0.319 e. The summed E-state index contributed by atoms with van der Waals surface area (Å²) in [5.74, 6) is 0.398. The first-order valence-corrected chi connectivity index (χ1v) is 10.4. The molecule has 0 atom stereocenters. The highest BCUT2D eigenvalue weighted by molar-refractivity contribution is 9.10. The zero-order valence-corrected chi connectivity index (χ0v) is 18.6. The van der Waals surface area contributed by atoms with Crippen molar-refractivity contribution in [1.82, 2.24) is 14.8 Å². The average molecular weight is 461 g/mol. The smallest absolute Gasteiger partial charge is 0.295 e. The van der Waals surface area contributed by atoms with Crippen molar-refractivity contribution in [2.24, 2.45) is 0 Å². The number of aryl methyl sites for hydroxylation is 3. The summed E-state index contributed by atoms with van der Waals surface area (Å²) < 4.78 is 2.68. The minimum atomic E-state index is -0.347. The first-order valence-electron chi connectivity index (χ1n) is 9.59. The molecule has 0 aliphatic carbocycles. The lowest BCUT2D eigenvalue weighted by Gasteiger charge is -2.07. The Hall–Kier alpha value is -3.25. The Balaban J connectivity index is 1.76. The summed E-state index contributed by atoms with van der Waals surface area (Å²) in [4.78, 5) is 17.5. The van der Waals surface area contributed by atoms with Gasteiger partial charge in [-0.1, -0.05) is 57.4 Å². The topological polar surface area (TPSA) is 59.8 Å². The molecule has 5 nitrogen and oxygen atoms in total. The lowest BCUT2D eigenvalue weighted by molar-refractivity contribution is 0.101. The second-order valence-corrected chi connectivity index (χ2v) is 8.20. The third-order valence-corrected chi connectivity index (χ3v) is 5.29. The Labute approximate surface area is 183 Å². The SMILES string of the molecule is Cc1ccc(-n2nc(C(=O)Nc3ccc(Br)cc3C)nc2-c2cccc(C)c2)cc1. The lowest BCUT2D eigenvalue weighted by atomic mass is 10.1. The van der Waals surface area contributed by atoms with E-state index < -0.39 is 0 Å². The van der Waals surface area contributed by atoms with E-state index in [4.69, 9.17) is 0 Å². The van der Waals surface area contributed by atoms with Gasteiger partial charge >= 0.3 is 0 Å². The van der Waals surface area contributed by atoms with Crippen LogP contribution in [0, 0.1) is 20.8 Å². The third kappa shape index (κ3) is 4.19. The molecule has 0 bridgehead atoms. The van der Waals surface area contributed by atoms with Gasteiger partial charge in [0.2, 0.25) is 5.82 Å². The van der Waals surface area contributed by atoms with E-state index in [1.165, 1.54) is 0 Å². The summed E-state index contributed by atoms with van der Waals surface area (Å²) in [5, 5.41) is 7.46. The van der Waals surface area contributed by atoms with Gasteiger partial charge in [0.25, 0.3) is 5.91 Å². The Kier molecular flexibility index (Phi) is 5.50. The zero-order chi connectivity index (χ0) is 21.3. The van der Waals surface area contributed by atoms with Crippen LogP contribution in [0.15, 0.2) is 71.2 Å². The summed E-state index contributed by atoms with van der Waals surface area (Å²) in [6, 6.07) is 21.7. The fourth-order valence-electron chi connectivity index (χ4n) is 3.19. The number of aromatic nitrogens is 3. The second kappa shape index (κ2) is 8.24. The van der Waals surface area contributed by atoms with Gasteiger partial charge in [-0.3, -0.25) is 4.79 Å². The minimum Gasteiger partial charge on any atom is -0.319 e. The number of carbonyl (C=O) groups excluding carboxylic acids is 1. The molecule has 0 aliphatic rings. The van der Waals surface area contributed by atoms with Gasteiger partial charge in [-0.05, 0) is 62.7 Å². The summed E-state index contributed by atoms with van der Waals surface area (Å²) >= 11 is 3.44. The van der Waals surface area contributed by atoms with Gasteiger partial charge in [0.15, 0.2) is 5.82 Å². The summed E-state index contributed by atoms with van der Waals surface area (Å²) in [7, 11) is 0. The molecule has 0 radical (unpaired) electrons. The van der Waals surface area contributed by atoms with Gasteiger partial charge < -0.3 is 5.32 Å². The van der Waals surface area contributed by atoms with Gasteiger partial charge in [0.05, 0.1) is 5.69 Å². The van der Waals surface area contributed by atoms with Crippen molar-refractivity contribution in [3.8, 4) is 17.1 Å². The highest BCUT2D eigenvalue weighted by atomic mass is 79.9. The molecule has 150 valence electrons. The molecule has 0 saturated carbocycles. The van der Waals surface area contributed by atoms with Crippen molar-refractivity contribution < 1.29 is 4.79 Å². The number of benzene rings is 3. The van der Waals surface area contributed by atoms with Crippen LogP contribution in [0.25, 0.3) is 17.1 Å². The lowest BCUT2D eigenvalue weighted by Crippen LogP contribution is -2.15. The molecule has 0 fully saturated rings. The Morgan fingerprint density at radius 3 is 2.40 bits per heavy atom. The number of carbonyl (C=O) groups is 1. The van der Waals surface area contributed by atoms with Crippen LogP contribution >= 0.6 is 15.9 Å². The predicted octanol–water partition coefficient (Wildman–Crippen LogP) is 5.87. The maximum atomic E-state index is 12.9. The molecule has 4 rings (SSSR count). The van der Waals surface area contributed by atoms with E-state index in [-0.39, 0.29) is 11.7 Å². The van der Waals surface area contributed by atoms with Gasteiger partial charge in [-0.15, -0.1) is 5.10 Å². The predicted molar refractivity (Wildman–Crippen MR) is 123 cm³/mol. The zero-order valence-electron chi connectivity index (χ0n) is 17.0. The van der Waals surface area contributed by atoms with E-state index in [9.17, 15) is 4.79 Å². The number of anilines is 1. The third-order valence-electron chi connectivity index (χ3n) is 4.80. The van der Waals surface area contributed by atoms with Crippen molar-refractivity contribution >= 4 is 27.5 Å². The van der Waals surface area contributed by atoms with Gasteiger partial charge in [-0.25, -0.2) is 9.67 Å². The molecular formula is C24H21BrN4O. The van der Waals surface area contributed by atoms with Crippen molar-refractivity contribution in [2.75, 3.05) is 5.32 Å². The molecule has 6 heteroatoms. The van der Waals surface area contributed by atoms with Crippen LogP contribution in [-0.2, 0) is 0 Å². The van der Waals surface area contributed by atoms with E-state index in [0.717, 1.165) is 38.1 Å². The average Bonchev–Trinajstić information content (AvgIpc) is 3.16. The summed E-state index contributed by atoms with van der Waals surface area (Å²) in [6.45, 7) is 6.00. The van der Waals surface area contributed by atoms with Crippen molar-refractivity contribution in [2.45, 2.75) is 20.8 Å². The van der Waals surface area contributed by atoms with Gasteiger partial charge in [-0.2, -0.15) is 0 Å². The number of halogens is 1. The Morgan fingerprint density at radius 1 is 0.933 bits per heavy atom. The standard InChI is InChI=1S/C24H21BrN4O/c1-15-7-10-20(11-8-15)29-23(18-6-4-5-16(2)13-18)27-22(28-29)24(30)26-21-12-9-19(25)14-17(21)3/h4-14H,1-3H3,(H,26,30). The molecule has 0 spiro atoms. The maximum Gasteiger partial charge on any atom is 0.295 e. The highest BCUT2D eigenvalue weighted by Crippen LogP contribution is 2.24. The van der Waals surface area contributed by atoms with Crippen LogP contribution in [0.1, 0.15) is 27.3 Å². The summed E-state index contributed by atoms with van der Waals surface area (Å²) in [5.41, 5.74) is 5.70. The van der Waals surface area contributed by atoms with Crippen LogP contribution in [0.4, 0.5) is 5.69 Å². The number of amides is 1. The van der Waals surface area contributed by atoms with Gasteiger partial charge in [0.1, 0.15) is 0 Å². The molecule has 1 heterocycles. The fraction of sp³-hybridized carbons (Fsp3) is 0.125. The molecular weight excluding hydrogens is 440 g/mol. The molecule has 1 amide bonds. The number of hydrogen-bond acceptors (Lipinski definition) is 3. The number of nitrogens with zero attached hydrogens (tertiary/aromatic N) is 3. The molecule has 3 aromatic carbocycles. The quantitative estimate of drug-likeness (QED) is 0.413. The van der Waals surface area contributed by atoms with Gasteiger partial charge in [0, 0.05) is 15.7 Å². The number of nitrogens with one attached hydrogen (secondary N) is 1. The molecule has 1 aromatic heterocycles. The van der Waals surface area contributed by atoms with Crippen LogP contribution in [0.2, 0.25) is 0 Å². The van der Waals surface area contributed by atoms with Crippen LogP contribution in [0.5, 0.6) is 0 Å². The van der Waals surface area contributed by atoms with Crippen LogP contribution in [-0.4, -0.2) is 20.7 Å². The summed E-state index contributed by atoms with van der Waals surface area (Å²) in [6.07, 6.45) is 0. The van der Waals surface area contributed by atoms with E-state index in [0.29, 0.717) is 5.82 Å².